The summed E-state index contributed by atoms with van der Waals surface area (Å²) in [5, 5.41) is 10.8. The first-order chi connectivity index (χ1) is 8.18. The largest absolute Gasteiger partial charge is 0.381 e. The second kappa shape index (κ2) is 5.27. The van der Waals surface area contributed by atoms with E-state index in [0.717, 1.165) is 10.4 Å². The predicted octanol–water partition coefficient (Wildman–Crippen LogP) is 2.79. The molecule has 1 N–H and O–H groups in total. The number of thiazole rings is 1. The number of rotatable bonds is 4. The number of halogens is 1. The van der Waals surface area contributed by atoms with Crippen molar-refractivity contribution in [2.45, 2.75) is 5.60 Å². The van der Waals surface area contributed by atoms with Crippen molar-refractivity contribution in [3.8, 4) is 0 Å². The zero-order chi connectivity index (χ0) is 12.3. The molecule has 0 aliphatic rings. The topological polar surface area (TPSA) is 42.4 Å². The van der Waals surface area contributed by atoms with Crippen molar-refractivity contribution in [2.75, 3.05) is 13.7 Å². The second-order valence-corrected chi connectivity index (χ2v) is 5.24. The molecule has 5 heteroatoms. The third-order valence-electron chi connectivity index (χ3n) is 2.50. The van der Waals surface area contributed by atoms with Crippen LogP contribution in [0.15, 0.2) is 40.4 Å². The fourth-order valence-electron chi connectivity index (χ4n) is 1.70. The summed E-state index contributed by atoms with van der Waals surface area (Å²) < 4.78 is 5.81. The van der Waals surface area contributed by atoms with Gasteiger partial charge < -0.3 is 9.84 Å². The number of ether oxygens (including phenoxy) is 1. The smallest absolute Gasteiger partial charge is 0.150 e. The molecule has 0 aliphatic carbocycles. The van der Waals surface area contributed by atoms with Gasteiger partial charge >= 0.3 is 0 Å². The molecule has 1 unspecified atom stereocenters. The van der Waals surface area contributed by atoms with Crippen LogP contribution in [0.5, 0.6) is 0 Å². The summed E-state index contributed by atoms with van der Waals surface area (Å²) in [5.74, 6) is 0. The lowest BCUT2D eigenvalue weighted by Gasteiger charge is -2.26. The van der Waals surface area contributed by atoms with Crippen molar-refractivity contribution in [1.29, 1.82) is 0 Å². The molecule has 1 aromatic heterocycles. The van der Waals surface area contributed by atoms with Crippen molar-refractivity contribution in [1.82, 2.24) is 4.98 Å². The van der Waals surface area contributed by atoms with Gasteiger partial charge in [-0.1, -0.05) is 30.3 Å². The first kappa shape index (κ1) is 12.7. The van der Waals surface area contributed by atoms with E-state index in [-0.39, 0.29) is 6.61 Å². The first-order valence-corrected chi connectivity index (χ1v) is 6.72. The average molecular weight is 314 g/mol. The summed E-state index contributed by atoms with van der Waals surface area (Å²) in [6.07, 6.45) is 0. The summed E-state index contributed by atoms with van der Waals surface area (Å²) in [5.41, 5.74) is 1.34. The molecule has 0 aliphatic heterocycles. The molecule has 0 saturated carbocycles. The highest BCUT2D eigenvalue weighted by molar-refractivity contribution is 9.10. The third-order valence-corrected chi connectivity index (χ3v) is 4.35. The van der Waals surface area contributed by atoms with E-state index in [9.17, 15) is 5.11 Å². The van der Waals surface area contributed by atoms with Gasteiger partial charge in [-0.25, -0.2) is 4.98 Å². The van der Waals surface area contributed by atoms with Crippen LogP contribution in [0.4, 0.5) is 0 Å². The van der Waals surface area contributed by atoms with E-state index in [1.54, 1.807) is 12.6 Å². The molecule has 0 saturated heterocycles. The van der Waals surface area contributed by atoms with E-state index in [1.165, 1.54) is 11.3 Å². The molecular formula is C12H12BrNO2S. The van der Waals surface area contributed by atoms with Gasteiger partial charge in [0.15, 0.2) is 0 Å². The van der Waals surface area contributed by atoms with Crippen LogP contribution >= 0.6 is 27.3 Å². The Balaban J connectivity index is 2.50. The molecule has 0 spiro atoms. The number of aliphatic hydroxyl groups is 1. The Morgan fingerprint density at radius 2 is 2.12 bits per heavy atom. The van der Waals surface area contributed by atoms with Gasteiger partial charge in [0.1, 0.15) is 10.2 Å². The lowest BCUT2D eigenvalue weighted by molar-refractivity contribution is -0.00126. The Morgan fingerprint density at radius 1 is 1.41 bits per heavy atom. The van der Waals surface area contributed by atoms with Gasteiger partial charge in [0.05, 0.1) is 17.0 Å². The minimum Gasteiger partial charge on any atom is -0.381 e. The Hall–Kier alpha value is -0.750. The number of hydrogen-bond acceptors (Lipinski definition) is 4. The molecule has 3 nitrogen and oxygen atoms in total. The summed E-state index contributed by atoms with van der Waals surface area (Å²) >= 11 is 4.76. The van der Waals surface area contributed by atoms with E-state index >= 15 is 0 Å². The van der Waals surface area contributed by atoms with Gasteiger partial charge in [0, 0.05) is 7.11 Å². The van der Waals surface area contributed by atoms with Crippen LogP contribution in [0.25, 0.3) is 0 Å². The maximum absolute atomic E-state index is 10.8. The van der Waals surface area contributed by atoms with Crippen LogP contribution in [0.1, 0.15) is 10.4 Å². The highest BCUT2D eigenvalue weighted by atomic mass is 79.9. The van der Waals surface area contributed by atoms with E-state index in [4.69, 9.17) is 4.74 Å². The zero-order valence-electron chi connectivity index (χ0n) is 9.26. The first-order valence-electron chi connectivity index (χ1n) is 5.05. The third kappa shape index (κ3) is 2.42. The van der Waals surface area contributed by atoms with Crippen LogP contribution in [0.2, 0.25) is 0 Å². The lowest BCUT2D eigenvalue weighted by Crippen LogP contribution is -2.32. The van der Waals surface area contributed by atoms with E-state index in [2.05, 4.69) is 20.9 Å². The highest BCUT2D eigenvalue weighted by Crippen LogP contribution is 2.36. The highest BCUT2D eigenvalue weighted by Gasteiger charge is 2.35. The van der Waals surface area contributed by atoms with Crippen molar-refractivity contribution in [2.24, 2.45) is 0 Å². The molecule has 1 atom stereocenters. The van der Waals surface area contributed by atoms with E-state index < -0.39 is 5.60 Å². The van der Waals surface area contributed by atoms with Crippen LogP contribution in [0.3, 0.4) is 0 Å². The van der Waals surface area contributed by atoms with Gasteiger partial charge in [0.2, 0.25) is 0 Å². The van der Waals surface area contributed by atoms with Gasteiger partial charge in [-0.15, -0.1) is 11.3 Å². The molecule has 17 heavy (non-hydrogen) atoms. The van der Waals surface area contributed by atoms with Crippen LogP contribution in [-0.4, -0.2) is 23.8 Å². The Morgan fingerprint density at radius 3 is 2.65 bits per heavy atom. The van der Waals surface area contributed by atoms with Gasteiger partial charge in [-0.05, 0) is 21.5 Å². The maximum Gasteiger partial charge on any atom is 0.150 e. The minimum absolute atomic E-state index is 0.192. The summed E-state index contributed by atoms with van der Waals surface area (Å²) in [7, 11) is 1.57. The normalized spacial score (nSPS) is 14.5. The van der Waals surface area contributed by atoms with Crippen LogP contribution in [0, 0.1) is 0 Å². The SMILES string of the molecule is COCC(O)(c1ccccc1)c1scnc1Br. The molecule has 1 aromatic carbocycles. The molecule has 0 fully saturated rings. The fourth-order valence-corrected chi connectivity index (χ4v) is 3.33. The fraction of sp³-hybridized carbons (Fsp3) is 0.250. The van der Waals surface area contributed by atoms with E-state index in [1.807, 2.05) is 30.3 Å². The maximum atomic E-state index is 10.8. The van der Waals surface area contributed by atoms with Gasteiger partial charge in [-0.2, -0.15) is 0 Å². The molecule has 2 rings (SSSR count). The second-order valence-electron chi connectivity index (χ2n) is 3.63. The standard InChI is InChI=1S/C12H12BrNO2S/c1-16-7-12(15,9-5-3-2-4-6-9)10-11(13)14-8-17-10/h2-6,8,15H,7H2,1H3. The monoisotopic (exact) mass is 313 g/mol. The number of methoxy groups -OCH3 is 1. The number of hydrogen-bond donors (Lipinski definition) is 1. The zero-order valence-corrected chi connectivity index (χ0v) is 11.7. The van der Waals surface area contributed by atoms with Crippen molar-refractivity contribution in [3.63, 3.8) is 0 Å². The van der Waals surface area contributed by atoms with Crippen LogP contribution < -0.4 is 0 Å². The van der Waals surface area contributed by atoms with Crippen LogP contribution in [-0.2, 0) is 10.3 Å². The predicted molar refractivity (Wildman–Crippen MR) is 71.1 cm³/mol. The summed E-state index contributed by atoms with van der Waals surface area (Å²) in [4.78, 5) is 4.87. The Bertz CT molecular complexity index is 488. The Kier molecular flexibility index (Phi) is 3.93. The van der Waals surface area contributed by atoms with E-state index in [0.29, 0.717) is 4.60 Å². The summed E-state index contributed by atoms with van der Waals surface area (Å²) in [6, 6.07) is 9.46. The number of benzene rings is 1. The molecule has 2 aromatic rings. The summed E-state index contributed by atoms with van der Waals surface area (Å²) in [6.45, 7) is 0.192. The lowest BCUT2D eigenvalue weighted by atomic mass is 9.93. The van der Waals surface area contributed by atoms with Crippen molar-refractivity contribution >= 4 is 27.3 Å². The van der Waals surface area contributed by atoms with Crippen molar-refractivity contribution in [3.05, 3.63) is 50.9 Å². The molecular weight excluding hydrogens is 302 g/mol. The minimum atomic E-state index is -1.16. The quantitative estimate of drug-likeness (QED) is 0.943. The van der Waals surface area contributed by atoms with Gasteiger partial charge in [0.25, 0.3) is 0 Å². The average Bonchev–Trinajstić information content (AvgIpc) is 2.77. The number of aromatic nitrogens is 1. The molecule has 0 bridgehead atoms. The molecule has 1 heterocycles. The number of nitrogens with zero attached hydrogens (tertiary/aromatic N) is 1. The van der Waals surface area contributed by atoms with Gasteiger partial charge in [-0.3, -0.25) is 0 Å². The molecule has 0 radical (unpaired) electrons. The Labute approximate surface area is 112 Å². The molecule has 90 valence electrons. The molecule has 0 amide bonds. The van der Waals surface area contributed by atoms with Crippen molar-refractivity contribution < 1.29 is 9.84 Å².